The van der Waals surface area contributed by atoms with Crippen LogP contribution in [-0.4, -0.2) is 63.7 Å². The summed E-state index contributed by atoms with van der Waals surface area (Å²) in [7, 11) is 5.98. The summed E-state index contributed by atoms with van der Waals surface area (Å²) in [5.74, 6) is 1.68. The number of nitrogens with zero attached hydrogens (tertiary/aromatic N) is 2. The second-order valence-electron chi connectivity index (χ2n) is 6.68. The Morgan fingerprint density at radius 2 is 2.04 bits per heavy atom. The summed E-state index contributed by atoms with van der Waals surface area (Å²) >= 11 is 6.08. The average molecular weight is 340 g/mol. The molecule has 1 aromatic carbocycles. The van der Waals surface area contributed by atoms with Crippen molar-refractivity contribution in [1.29, 1.82) is 0 Å². The molecule has 1 N–H and O–H groups in total. The molecule has 0 atom stereocenters. The minimum Gasteiger partial charge on any atom is -0.496 e. The highest BCUT2D eigenvalue weighted by molar-refractivity contribution is 6.30. The second-order valence-corrected chi connectivity index (χ2v) is 7.11. The van der Waals surface area contributed by atoms with E-state index in [1.54, 1.807) is 7.11 Å². The molecule has 0 aromatic heterocycles. The standard InChI is InChI=1S/C18H30ClN3O/c1-21(2)10-11-22-8-6-15(7-9-22)13-20-14-16-12-17(19)4-5-18(16)23-3/h4-5,12,15,20H,6-11,13-14H2,1-3H3. The van der Waals surface area contributed by atoms with Crippen molar-refractivity contribution >= 4 is 11.6 Å². The summed E-state index contributed by atoms with van der Waals surface area (Å²) in [6.07, 6.45) is 2.57. The highest BCUT2D eigenvalue weighted by atomic mass is 35.5. The predicted octanol–water partition coefficient (Wildman–Crippen LogP) is 2.71. The number of methoxy groups -OCH3 is 1. The maximum atomic E-state index is 6.08. The minimum absolute atomic E-state index is 0.761. The first-order chi connectivity index (χ1) is 11.1. The van der Waals surface area contributed by atoms with Crippen LogP contribution in [-0.2, 0) is 6.54 Å². The van der Waals surface area contributed by atoms with Crippen LogP contribution in [0.3, 0.4) is 0 Å². The molecule has 1 heterocycles. The first-order valence-corrected chi connectivity index (χ1v) is 8.86. The Balaban J connectivity index is 1.69. The van der Waals surface area contributed by atoms with Crippen LogP contribution in [0.2, 0.25) is 5.02 Å². The van der Waals surface area contributed by atoms with Crippen LogP contribution in [0, 0.1) is 5.92 Å². The van der Waals surface area contributed by atoms with Crippen LogP contribution < -0.4 is 10.1 Å². The fourth-order valence-corrected chi connectivity index (χ4v) is 3.25. The van der Waals surface area contributed by atoms with Gasteiger partial charge in [0.15, 0.2) is 0 Å². The summed E-state index contributed by atoms with van der Waals surface area (Å²) in [5.41, 5.74) is 1.13. The van der Waals surface area contributed by atoms with Crippen molar-refractivity contribution in [2.45, 2.75) is 19.4 Å². The molecule has 0 aliphatic carbocycles. The fourth-order valence-electron chi connectivity index (χ4n) is 3.05. The third-order valence-electron chi connectivity index (χ3n) is 4.56. The Hall–Kier alpha value is -0.810. The molecule has 1 saturated heterocycles. The van der Waals surface area contributed by atoms with Crippen molar-refractivity contribution in [2.75, 3.05) is 53.9 Å². The van der Waals surface area contributed by atoms with Crippen LogP contribution in [0.5, 0.6) is 5.75 Å². The van der Waals surface area contributed by atoms with Crippen LogP contribution in [0.15, 0.2) is 18.2 Å². The molecule has 0 bridgehead atoms. The number of halogens is 1. The SMILES string of the molecule is COc1ccc(Cl)cc1CNCC1CCN(CCN(C)C)CC1. The maximum absolute atomic E-state index is 6.08. The third-order valence-corrected chi connectivity index (χ3v) is 4.80. The van der Waals surface area contributed by atoms with Crippen molar-refractivity contribution < 1.29 is 4.74 Å². The molecule has 1 aromatic rings. The number of hydrogen-bond donors (Lipinski definition) is 1. The van der Waals surface area contributed by atoms with Gasteiger partial charge in [0.2, 0.25) is 0 Å². The molecular formula is C18H30ClN3O. The van der Waals surface area contributed by atoms with Gasteiger partial charge in [0.05, 0.1) is 7.11 Å². The van der Waals surface area contributed by atoms with Gasteiger partial charge in [-0.1, -0.05) is 11.6 Å². The van der Waals surface area contributed by atoms with Gasteiger partial charge >= 0.3 is 0 Å². The van der Waals surface area contributed by atoms with Crippen LogP contribution >= 0.6 is 11.6 Å². The van der Waals surface area contributed by atoms with E-state index in [1.165, 1.54) is 32.5 Å². The molecule has 0 saturated carbocycles. The quantitative estimate of drug-likeness (QED) is 0.788. The van der Waals surface area contributed by atoms with Crippen molar-refractivity contribution in [3.63, 3.8) is 0 Å². The molecule has 1 fully saturated rings. The molecular weight excluding hydrogens is 310 g/mol. The van der Waals surface area contributed by atoms with Crippen LogP contribution in [0.25, 0.3) is 0 Å². The molecule has 0 amide bonds. The topological polar surface area (TPSA) is 27.7 Å². The Morgan fingerprint density at radius 1 is 1.30 bits per heavy atom. The van der Waals surface area contributed by atoms with Gasteiger partial charge in [-0.15, -0.1) is 0 Å². The van der Waals surface area contributed by atoms with Gasteiger partial charge in [0, 0.05) is 30.2 Å². The lowest BCUT2D eigenvalue weighted by Gasteiger charge is -2.32. The van der Waals surface area contributed by atoms with E-state index in [-0.39, 0.29) is 0 Å². The number of rotatable bonds is 8. The molecule has 0 spiro atoms. The highest BCUT2D eigenvalue weighted by Crippen LogP contribution is 2.23. The van der Waals surface area contributed by atoms with Crippen molar-refractivity contribution in [1.82, 2.24) is 15.1 Å². The molecule has 1 aliphatic heterocycles. The molecule has 0 radical (unpaired) electrons. The number of benzene rings is 1. The number of piperidine rings is 1. The normalized spacial score (nSPS) is 16.9. The van der Waals surface area contributed by atoms with Gasteiger partial charge in [0.1, 0.15) is 5.75 Å². The Bertz CT molecular complexity index is 473. The number of ether oxygens (including phenoxy) is 1. The largest absolute Gasteiger partial charge is 0.496 e. The molecule has 0 unspecified atom stereocenters. The first kappa shape index (κ1) is 18.5. The monoisotopic (exact) mass is 339 g/mol. The molecule has 23 heavy (non-hydrogen) atoms. The molecule has 5 heteroatoms. The number of hydrogen-bond acceptors (Lipinski definition) is 4. The summed E-state index contributed by atoms with van der Waals surface area (Å²) in [4.78, 5) is 4.84. The zero-order chi connectivity index (χ0) is 16.7. The first-order valence-electron chi connectivity index (χ1n) is 8.48. The van der Waals surface area contributed by atoms with Gasteiger partial charge < -0.3 is 19.9 Å². The van der Waals surface area contributed by atoms with Crippen LogP contribution in [0.1, 0.15) is 18.4 Å². The lowest BCUT2D eigenvalue weighted by atomic mass is 9.96. The lowest BCUT2D eigenvalue weighted by molar-refractivity contribution is 0.169. The number of nitrogens with one attached hydrogen (secondary N) is 1. The van der Waals surface area contributed by atoms with Crippen molar-refractivity contribution in [2.24, 2.45) is 5.92 Å². The lowest BCUT2D eigenvalue weighted by Crippen LogP contribution is -2.40. The van der Waals surface area contributed by atoms with Crippen LogP contribution in [0.4, 0.5) is 0 Å². The minimum atomic E-state index is 0.761. The van der Waals surface area contributed by atoms with Crippen molar-refractivity contribution in [3.8, 4) is 5.75 Å². The average Bonchev–Trinajstić information content (AvgIpc) is 2.54. The summed E-state index contributed by atoms with van der Waals surface area (Å²) in [6.45, 7) is 6.66. The number of likely N-dealkylation sites (tertiary alicyclic amines) is 1. The zero-order valence-corrected chi connectivity index (χ0v) is 15.4. The second kappa shape index (κ2) is 9.48. The number of likely N-dealkylation sites (N-methyl/N-ethyl adjacent to an activating group) is 1. The molecule has 130 valence electrons. The van der Waals surface area contributed by atoms with Gasteiger partial charge in [-0.25, -0.2) is 0 Å². The van der Waals surface area contributed by atoms with Gasteiger partial charge in [-0.2, -0.15) is 0 Å². The third kappa shape index (κ3) is 6.30. The van der Waals surface area contributed by atoms with Gasteiger partial charge in [0.25, 0.3) is 0 Å². The van der Waals surface area contributed by atoms with E-state index >= 15 is 0 Å². The van der Waals surface area contributed by atoms with Crippen molar-refractivity contribution in [3.05, 3.63) is 28.8 Å². The predicted molar refractivity (Wildman–Crippen MR) is 97.4 cm³/mol. The van der Waals surface area contributed by atoms with E-state index in [4.69, 9.17) is 16.3 Å². The van der Waals surface area contributed by atoms with E-state index in [1.807, 2.05) is 18.2 Å². The van der Waals surface area contributed by atoms with E-state index in [0.717, 1.165) is 41.9 Å². The smallest absolute Gasteiger partial charge is 0.123 e. The molecule has 1 aliphatic rings. The Kier molecular flexibility index (Phi) is 7.63. The molecule has 4 nitrogen and oxygen atoms in total. The summed E-state index contributed by atoms with van der Waals surface area (Å²) in [5, 5.41) is 4.33. The van der Waals surface area contributed by atoms with E-state index in [0.29, 0.717) is 0 Å². The van der Waals surface area contributed by atoms with Gasteiger partial charge in [-0.05, 0) is 70.7 Å². The fraction of sp³-hybridized carbons (Fsp3) is 0.667. The molecule has 2 rings (SSSR count). The summed E-state index contributed by atoms with van der Waals surface area (Å²) in [6, 6.07) is 5.78. The van der Waals surface area contributed by atoms with E-state index in [9.17, 15) is 0 Å². The van der Waals surface area contributed by atoms with Gasteiger partial charge in [-0.3, -0.25) is 0 Å². The van der Waals surface area contributed by atoms with E-state index < -0.39 is 0 Å². The Labute approximate surface area is 145 Å². The highest BCUT2D eigenvalue weighted by Gasteiger charge is 2.18. The Morgan fingerprint density at radius 3 is 2.70 bits per heavy atom. The zero-order valence-electron chi connectivity index (χ0n) is 14.6. The summed E-state index contributed by atoms with van der Waals surface area (Å²) < 4.78 is 5.39. The van der Waals surface area contributed by atoms with E-state index in [2.05, 4.69) is 29.2 Å². The maximum Gasteiger partial charge on any atom is 0.123 e.